The summed E-state index contributed by atoms with van der Waals surface area (Å²) >= 11 is 0. The summed E-state index contributed by atoms with van der Waals surface area (Å²) in [5, 5.41) is 16.8. The average Bonchev–Trinajstić information content (AvgIpc) is 2.80. The molecule has 0 spiro atoms. The zero-order valence-electron chi connectivity index (χ0n) is 12.3. The number of carbonyl (C=O) groups is 1. The van der Waals surface area contributed by atoms with Crippen molar-refractivity contribution in [3.05, 3.63) is 29.2 Å². The Bertz CT molecular complexity index is 646. The summed E-state index contributed by atoms with van der Waals surface area (Å²) in [6, 6.07) is 1.91. The van der Waals surface area contributed by atoms with Crippen LogP contribution in [-0.4, -0.2) is 37.8 Å². The van der Waals surface area contributed by atoms with Crippen molar-refractivity contribution >= 4 is 11.6 Å². The van der Waals surface area contributed by atoms with Gasteiger partial charge in [0.05, 0.1) is 11.8 Å². The number of hydrogen-bond acceptors (Lipinski definition) is 4. The zero-order valence-corrected chi connectivity index (χ0v) is 12.3. The predicted molar refractivity (Wildman–Crippen MR) is 75.7 cm³/mol. The van der Waals surface area contributed by atoms with E-state index in [1.54, 1.807) is 11.4 Å². The van der Waals surface area contributed by atoms with E-state index in [9.17, 15) is 9.90 Å². The third-order valence-corrected chi connectivity index (χ3v) is 3.41. The van der Waals surface area contributed by atoms with Gasteiger partial charge in [-0.25, -0.2) is 9.50 Å². The number of amides is 1. The molecule has 0 radical (unpaired) electrons. The van der Waals surface area contributed by atoms with Crippen LogP contribution in [0, 0.1) is 13.8 Å². The van der Waals surface area contributed by atoms with Gasteiger partial charge in [-0.2, -0.15) is 5.10 Å². The summed E-state index contributed by atoms with van der Waals surface area (Å²) in [6.07, 6.45) is 2.07. The van der Waals surface area contributed by atoms with E-state index in [1.807, 2.05) is 26.8 Å². The quantitative estimate of drug-likeness (QED) is 0.880. The standard InChI is InChI=1S/C14H20N4O2/c1-5-14(4,20)8-15-13(19)11-7-16-18-10(3)6-9(2)17-12(11)18/h6-7,20H,5,8H2,1-4H3,(H,15,19). The minimum atomic E-state index is -0.905. The first-order chi connectivity index (χ1) is 9.34. The van der Waals surface area contributed by atoms with Crippen LogP contribution in [-0.2, 0) is 0 Å². The second-order valence-corrected chi connectivity index (χ2v) is 5.37. The largest absolute Gasteiger partial charge is 0.388 e. The maximum absolute atomic E-state index is 12.2. The van der Waals surface area contributed by atoms with Gasteiger partial charge in [-0.05, 0) is 33.3 Å². The first kappa shape index (κ1) is 14.5. The predicted octanol–water partition coefficient (Wildman–Crippen LogP) is 1.24. The van der Waals surface area contributed by atoms with Crippen LogP contribution < -0.4 is 5.32 Å². The Morgan fingerprint density at radius 3 is 2.85 bits per heavy atom. The molecule has 0 saturated carbocycles. The molecule has 2 heterocycles. The molecule has 0 bridgehead atoms. The summed E-state index contributed by atoms with van der Waals surface area (Å²) in [6.45, 7) is 7.55. The smallest absolute Gasteiger partial charge is 0.256 e. The molecule has 2 rings (SSSR count). The molecular formula is C14H20N4O2. The first-order valence-electron chi connectivity index (χ1n) is 6.66. The molecule has 0 aromatic carbocycles. The number of aryl methyl sites for hydroxylation is 2. The lowest BCUT2D eigenvalue weighted by molar-refractivity contribution is 0.0518. The molecule has 1 unspecified atom stereocenters. The number of aliphatic hydroxyl groups is 1. The van der Waals surface area contributed by atoms with Crippen molar-refractivity contribution in [3.63, 3.8) is 0 Å². The normalized spacial score (nSPS) is 14.2. The van der Waals surface area contributed by atoms with Crippen LogP contribution in [0.4, 0.5) is 0 Å². The Kier molecular flexibility index (Phi) is 3.76. The van der Waals surface area contributed by atoms with Crippen LogP contribution in [0.2, 0.25) is 0 Å². The van der Waals surface area contributed by atoms with Crippen molar-refractivity contribution in [2.24, 2.45) is 0 Å². The highest BCUT2D eigenvalue weighted by Crippen LogP contribution is 2.12. The topological polar surface area (TPSA) is 79.5 Å². The SMILES string of the molecule is CCC(C)(O)CNC(=O)c1cnn2c(C)cc(C)nc12. The molecule has 2 N–H and O–H groups in total. The second kappa shape index (κ2) is 5.20. The van der Waals surface area contributed by atoms with Gasteiger partial charge in [0.15, 0.2) is 5.65 Å². The zero-order chi connectivity index (χ0) is 14.9. The number of hydrogen-bond donors (Lipinski definition) is 2. The third-order valence-electron chi connectivity index (χ3n) is 3.41. The molecule has 6 heteroatoms. The van der Waals surface area contributed by atoms with Crippen LogP contribution >= 0.6 is 0 Å². The highest BCUT2D eigenvalue weighted by atomic mass is 16.3. The Morgan fingerprint density at radius 1 is 1.50 bits per heavy atom. The summed E-state index contributed by atoms with van der Waals surface area (Å²) in [5.74, 6) is -0.272. The van der Waals surface area contributed by atoms with Gasteiger partial charge in [0.1, 0.15) is 5.56 Å². The summed E-state index contributed by atoms with van der Waals surface area (Å²) in [4.78, 5) is 16.5. The van der Waals surface area contributed by atoms with E-state index < -0.39 is 5.60 Å². The molecule has 1 atom stereocenters. The van der Waals surface area contributed by atoms with E-state index in [1.165, 1.54) is 6.20 Å². The molecule has 0 aliphatic heterocycles. The summed E-state index contributed by atoms with van der Waals surface area (Å²) < 4.78 is 1.64. The van der Waals surface area contributed by atoms with Gasteiger partial charge in [0.2, 0.25) is 0 Å². The van der Waals surface area contributed by atoms with Crippen LogP contribution in [0.1, 0.15) is 42.0 Å². The first-order valence-corrected chi connectivity index (χ1v) is 6.66. The fourth-order valence-corrected chi connectivity index (χ4v) is 1.92. The Labute approximate surface area is 117 Å². The van der Waals surface area contributed by atoms with Crippen LogP contribution in [0.5, 0.6) is 0 Å². The van der Waals surface area contributed by atoms with Gasteiger partial charge in [-0.3, -0.25) is 4.79 Å². The van der Waals surface area contributed by atoms with Crippen molar-refractivity contribution in [2.45, 2.75) is 39.7 Å². The second-order valence-electron chi connectivity index (χ2n) is 5.37. The van der Waals surface area contributed by atoms with Gasteiger partial charge < -0.3 is 10.4 Å². The number of aromatic nitrogens is 3. The summed E-state index contributed by atoms with van der Waals surface area (Å²) in [5.41, 5.74) is 1.81. The molecule has 1 amide bonds. The van der Waals surface area contributed by atoms with Gasteiger partial charge in [-0.15, -0.1) is 0 Å². The van der Waals surface area contributed by atoms with E-state index in [4.69, 9.17) is 0 Å². The van der Waals surface area contributed by atoms with Gasteiger partial charge >= 0.3 is 0 Å². The molecule has 0 fully saturated rings. The van der Waals surface area contributed by atoms with Crippen molar-refractivity contribution in [2.75, 3.05) is 6.54 Å². The number of nitrogens with one attached hydrogen (secondary N) is 1. The molecule has 108 valence electrons. The lowest BCUT2D eigenvalue weighted by Gasteiger charge is -2.21. The van der Waals surface area contributed by atoms with E-state index >= 15 is 0 Å². The van der Waals surface area contributed by atoms with Crippen LogP contribution in [0.3, 0.4) is 0 Å². The molecule has 20 heavy (non-hydrogen) atoms. The van der Waals surface area contributed by atoms with E-state index in [-0.39, 0.29) is 12.5 Å². The summed E-state index contributed by atoms with van der Waals surface area (Å²) in [7, 11) is 0. The minimum absolute atomic E-state index is 0.199. The molecule has 2 aromatic heterocycles. The highest BCUT2D eigenvalue weighted by molar-refractivity contribution is 5.99. The van der Waals surface area contributed by atoms with Gasteiger partial charge in [0.25, 0.3) is 5.91 Å². The monoisotopic (exact) mass is 276 g/mol. The fourth-order valence-electron chi connectivity index (χ4n) is 1.92. The molecule has 0 saturated heterocycles. The van der Waals surface area contributed by atoms with Crippen molar-refractivity contribution < 1.29 is 9.90 Å². The van der Waals surface area contributed by atoms with E-state index in [0.29, 0.717) is 17.6 Å². The molecule has 0 aliphatic carbocycles. The Balaban J connectivity index is 2.27. The van der Waals surface area contributed by atoms with Gasteiger partial charge in [-0.1, -0.05) is 6.92 Å². The van der Waals surface area contributed by atoms with Crippen molar-refractivity contribution in [1.29, 1.82) is 0 Å². The van der Waals surface area contributed by atoms with Crippen LogP contribution in [0.15, 0.2) is 12.3 Å². The molecule has 2 aromatic rings. The maximum atomic E-state index is 12.2. The molecular weight excluding hydrogens is 256 g/mol. The molecule has 6 nitrogen and oxygen atoms in total. The number of carbonyl (C=O) groups excluding carboxylic acids is 1. The highest BCUT2D eigenvalue weighted by Gasteiger charge is 2.21. The average molecular weight is 276 g/mol. The Hall–Kier alpha value is -1.95. The minimum Gasteiger partial charge on any atom is -0.388 e. The van der Waals surface area contributed by atoms with Crippen LogP contribution in [0.25, 0.3) is 5.65 Å². The van der Waals surface area contributed by atoms with Gasteiger partial charge in [0, 0.05) is 17.9 Å². The number of rotatable bonds is 4. The molecule has 0 aliphatic rings. The van der Waals surface area contributed by atoms with E-state index in [2.05, 4.69) is 15.4 Å². The number of fused-ring (bicyclic) bond motifs is 1. The lowest BCUT2D eigenvalue weighted by Crippen LogP contribution is -2.40. The van der Waals surface area contributed by atoms with Crippen molar-refractivity contribution in [1.82, 2.24) is 19.9 Å². The van der Waals surface area contributed by atoms with E-state index in [0.717, 1.165) is 11.4 Å². The number of nitrogens with zero attached hydrogens (tertiary/aromatic N) is 3. The third kappa shape index (κ3) is 2.80. The fraction of sp³-hybridized carbons (Fsp3) is 0.500. The lowest BCUT2D eigenvalue weighted by atomic mass is 10.0. The Morgan fingerprint density at radius 2 is 2.20 bits per heavy atom. The maximum Gasteiger partial charge on any atom is 0.256 e. The van der Waals surface area contributed by atoms with Crippen molar-refractivity contribution in [3.8, 4) is 0 Å².